The Morgan fingerprint density at radius 3 is 2.53 bits per heavy atom. The molecule has 6 aliphatic rings. The van der Waals surface area contributed by atoms with Crippen LogP contribution in [0.3, 0.4) is 0 Å². The third kappa shape index (κ3) is 2.20. The number of fused-ring (bicyclic) bond motifs is 1. The first-order valence-electron chi connectivity index (χ1n) is 12.2. The number of methoxy groups -OCH3 is 1. The van der Waals surface area contributed by atoms with Gasteiger partial charge in [0.1, 0.15) is 12.2 Å². The lowest BCUT2D eigenvalue weighted by Crippen LogP contribution is -2.66. The molecular formula is C25H30O11. The zero-order valence-electron chi connectivity index (χ0n) is 20.8. The van der Waals surface area contributed by atoms with Gasteiger partial charge >= 0.3 is 23.9 Å². The van der Waals surface area contributed by atoms with Crippen molar-refractivity contribution < 1.29 is 52.7 Å². The summed E-state index contributed by atoms with van der Waals surface area (Å²) in [7, 11) is 1.25. The summed E-state index contributed by atoms with van der Waals surface area (Å²) in [4.78, 5) is 51.0. The molecule has 2 aliphatic carbocycles. The van der Waals surface area contributed by atoms with Crippen molar-refractivity contribution in [1.29, 1.82) is 0 Å². The average molecular weight is 507 g/mol. The number of carbonyl (C=O) groups excluding carboxylic acids is 4. The standard InChI is InChI=1S/C25H30O11/c1-11-17(27)33-14-10-22-13-9-12(21(2,3)4)23(22)16(32-8-6-7-15(26)31-5)18(28)35-20(23)36-25(22,19(29)34-13)24(11,14)30/h6-7,11-14,16,20,30H,8-10H2,1-5H3/b7-6+/t11?,12-,13?,14-,16-,20-,22+,23?,24+,25+/m0/s1. The van der Waals surface area contributed by atoms with Crippen molar-refractivity contribution in [2.45, 2.75) is 76.3 Å². The molecule has 1 N–H and O–H groups in total. The number of rotatable bonds is 4. The lowest BCUT2D eigenvalue weighted by Gasteiger charge is -2.47. The van der Waals surface area contributed by atoms with Crippen LogP contribution < -0.4 is 0 Å². The van der Waals surface area contributed by atoms with Gasteiger partial charge in [-0.3, -0.25) is 4.79 Å². The molecular weight excluding hydrogens is 476 g/mol. The first-order chi connectivity index (χ1) is 16.8. The highest BCUT2D eigenvalue weighted by molar-refractivity contribution is 5.93. The van der Waals surface area contributed by atoms with E-state index >= 15 is 0 Å². The largest absolute Gasteiger partial charge is 0.466 e. The maximum Gasteiger partial charge on any atom is 0.342 e. The molecule has 196 valence electrons. The predicted molar refractivity (Wildman–Crippen MR) is 116 cm³/mol. The molecule has 6 fully saturated rings. The Bertz CT molecular complexity index is 1110. The number of hydrogen-bond donors (Lipinski definition) is 1. The van der Waals surface area contributed by atoms with Crippen LogP contribution in [0.2, 0.25) is 0 Å². The van der Waals surface area contributed by atoms with Gasteiger partial charge in [0.15, 0.2) is 11.7 Å². The molecule has 4 heterocycles. The molecule has 0 aromatic rings. The topological polar surface area (TPSA) is 144 Å². The molecule has 4 aliphatic heterocycles. The van der Waals surface area contributed by atoms with Crippen LogP contribution in [0.15, 0.2) is 12.2 Å². The van der Waals surface area contributed by atoms with Crippen LogP contribution >= 0.6 is 0 Å². The molecule has 0 radical (unpaired) electrons. The van der Waals surface area contributed by atoms with E-state index in [4.69, 9.17) is 23.7 Å². The minimum atomic E-state index is -2.00. The summed E-state index contributed by atoms with van der Waals surface area (Å²) in [5.74, 6) is -3.97. The number of carbonyl (C=O) groups is 4. The van der Waals surface area contributed by atoms with Crippen LogP contribution in [0.25, 0.3) is 0 Å². The first kappa shape index (κ1) is 23.9. The van der Waals surface area contributed by atoms with E-state index in [2.05, 4.69) is 4.74 Å². The molecule has 10 atom stereocenters. The minimum Gasteiger partial charge on any atom is -0.466 e. The molecule has 3 unspecified atom stereocenters. The summed E-state index contributed by atoms with van der Waals surface area (Å²) in [6, 6.07) is 0. The van der Waals surface area contributed by atoms with Crippen LogP contribution in [0.1, 0.15) is 40.5 Å². The van der Waals surface area contributed by atoms with Crippen LogP contribution in [0.5, 0.6) is 0 Å². The molecule has 36 heavy (non-hydrogen) atoms. The van der Waals surface area contributed by atoms with E-state index in [9.17, 15) is 24.3 Å². The van der Waals surface area contributed by atoms with Crippen LogP contribution in [0.4, 0.5) is 0 Å². The third-order valence-corrected chi connectivity index (χ3v) is 9.75. The van der Waals surface area contributed by atoms with Crippen molar-refractivity contribution in [2.24, 2.45) is 28.1 Å². The van der Waals surface area contributed by atoms with E-state index in [1.54, 1.807) is 0 Å². The fourth-order valence-electron chi connectivity index (χ4n) is 8.60. The summed E-state index contributed by atoms with van der Waals surface area (Å²) in [5, 5.41) is 12.1. The summed E-state index contributed by atoms with van der Waals surface area (Å²) in [6.45, 7) is 7.46. The highest BCUT2D eigenvalue weighted by atomic mass is 16.8. The summed E-state index contributed by atoms with van der Waals surface area (Å²) in [6.07, 6.45) is -1.01. The van der Waals surface area contributed by atoms with Crippen molar-refractivity contribution >= 4 is 23.9 Å². The quantitative estimate of drug-likeness (QED) is 0.322. The van der Waals surface area contributed by atoms with E-state index in [1.165, 1.54) is 26.2 Å². The summed E-state index contributed by atoms with van der Waals surface area (Å²) in [5.41, 5.74) is -6.83. The molecule has 11 heteroatoms. The normalized spacial score (nSPS) is 50.0. The smallest absolute Gasteiger partial charge is 0.342 e. The molecule has 0 aromatic heterocycles. The van der Waals surface area contributed by atoms with Crippen molar-refractivity contribution in [2.75, 3.05) is 13.7 Å². The van der Waals surface area contributed by atoms with Gasteiger partial charge in [-0.1, -0.05) is 26.8 Å². The zero-order valence-corrected chi connectivity index (χ0v) is 20.8. The molecule has 0 amide bonds. The Kier molecular flexibility index (Phi) is 4.56. The average Bonchev–Trinajstić information content (AvgIpc) is 3.51. The van der Waals surface area contributed by atoms with Gasteiger partial charge in [0.25, 0.3) is 0 Å². The highest BCUT2D eigenvalue weighted by Crippen LogP contribution is 2.84. The Labute approximate surface area is 207 Å². The van der Waals surface area contributed by atoms with Crippen molar-refractivity contribution in [1.82, 2.24) is 0 Å². The second kappa shape index (κ2) is 6.87. The van der Waals surface area contributed by atoms with Crippen molar-refractivity contribution in [3.8, 4) is 0 Å². The van der Waals surface area contributed by atoms with Crippen molar-refractivity contribution in [3.05, 3.63) is 12.2 Å². The van der Waals surface area contributed by atoms with E-state index < -0.39 is 81.8 Å². The van der Waals surface area contributed by atoms with Crippen LogP contribution in [0, 0.1) is 28.1 Å². The molecule has 11 nitrogen and oxygen atoms in total. The molecule has 2 saturated carbocycles. The maximum absolute atomic E-state index is 13.7. The van der Waals surface area contributed by atoms with Gasteiger partial charge < -0.3 is 33.5 Å². The number of hydrogen-bond acceptors (Lipinski definition) is 11. The zero-order chi connectivity index (χ0) is 26.1. The summed E-state index contributed by atoms with van der Waals surface area (Å²) < 4.78 is 34.4. The molecule has 0 bridgehead atoms. The Hall–Kier alpha value is -2.50. The van der Waals surface area contributed by atoms with E-state index in [-0.39, 0.29) is 18.9 Å². The van der Waals surface area contributed by atoms with Gasteiger partial charge in [-0.05, 0) is 24.7 Å². The second-order valence-electron chi connectivity index (χ2n) is 11.8. The second-order valence-corrected chi connectivity index (χ2v) is 11.8. The fraction of sp³-hybridized carbons (Fsp3) is 0.760. The Morgan fingerprint density at radius 1 is 1.14 bits per heavy atom. The van der Waals surface area contributed by atoms with Gasteiger partial charge in [-0.15, -0.1) is 0 Å². The number of esters is 4. The summed E-state index contributed by atoms with van der Waals surface area (Å²) >= 11 is 0. The van der Waals surface area contributed by atoms with E-state index in [1.807, 2.05) is 20.8 Å². The molecule has 4 saturated heterocycles. The predicted octanol–water partition coefficient (Wildman–Crippen LogP) is 0.413. The van der Waals surface area contributed by atoms with Gasteiger partial charge in [-0.25, -0.2) is 14.4 Å². The van der Waals surface area contributed by atoms with Crippen molar-refractivity contribution in [3.63, 3.8) is 0 Å². The molecule has 6 rings (SSSR count). The lowest BCUT2D eigenvalue weighted by atomic mass is 9.51. The SMILES string of the molecule is COC(=O)/C=C/CO[C@H]1C(=O)O[C@H]2O[C@]34C(=O)OC5C[C@@H](C(C)(C)C)C21[C@@]53C[C@@H]1OC(=O)C(C)[C@@]14O. The van der Waals surface area contributed by atoms with Gasteiger partial charge in [0, 0.05) is 12.5 Å². The van der Waals surface area contributed by atoms with Crippen LogP contribution in [-0.4, -0.2) is 78.5 Å². The third-order valence-electron chi connectivity index (χ3n) is 9.75. The van der Waals surface area contributed by atoms with Gasteiger partial charge in [-0.2, -0.15) is 0 Å². The first-order valence-corrected chi connectivity index (χ1v) is 12.2. The highest BCUT2D eigenvalue weighted by Gasteiger charge is 3.01. The number of aliphatic hydroxyl groups is 1. The van der Waals surface area contributed by atoms with Gasteiger partial charge in [0.2, 0.25) is 11.9 Å². The molecule has 0 aromatic carbocycles. The minimum absolute atomic E-state index is 0.0631. The Morgan fingerprint density at radius 2 is 1.86 bits per heavy atom. The van der Waals surface area contributed by atoms with Crippen LogP contribution in [-0.2, 0) is 47.6 Å². The monoisotopic (exact) mass is 506 g/mol. The maximum atomic E-state index is 13.7. The lowest BCUT2D eigenvalue weighted by molar-refractivity contribution is -0.238. The van der Waals surface area contributed by atoms with E-state index in [0.29, 0.717) is 6.42 Å². The van der Waals surface area contributed by atoms with Gasteiger partial charge in [0.05, 0.1) is 30.5 Å². The molecule has 2 spiro atoms. The Balaban J connectivity index is 1.53. The van der Waals surface area contributed by atoms with E-state index in [0.717, 1.165) is 0 Å². The fourth-order valence-corrected chi connectivity index (χ4v) is 8.60. The number of ether oxygens (including phenoxy) is 6.